The summed E-state index contributed by atoms with van der Waals surface area (Å²) in [7, 11) is 1.58. The highest BCUT2D eigenvalue weighted by Crippen LogP contribution is 2.37. The first-order valence-electron chi connectivity index (χ1n) is 9.04. The van der Waals surface area contributed by atoms with Crippen LogP contribution in [0.4, 0.5) is 0 Å². The number of aromatic hydroxyl groups is 1. The molecule has 3 heterocycles. The van der Waals surface area contributed by atoms with Crippen LogP contribution in [0.25, 0.3) is 27.2 Å². The lowest BCUT2D eigenvalue weighted by molar-refractivity contribution is 0.0521. The Morgan fingerprint density at radius 2 is 2.03 bits per heavy atom. The van der Waals surface area contributed by atoms with E-state index in [1.54, 1.807) is 25.4 Å². The van der Waals surface area contributed by atoms with Crippen molar-refractivity contribution in [2.45, 2.75) is 13.5 Å². The quantitative estimate of drug-likeness (QED) is 0.482. The predicted octanol–water partition coefficient (Wildman–Crippen LogP) is 4.15. The molecule has 8 heteroatoms. The molecule has 0 aliphatic rings. The molecule has 4 aromatic rings. The fourth-order valence-electron chi connectivity index (χ4n) is 3.11. The summed E-state index contributed by atoms with van der Waals surface area (Å²) in [6.45, 7) is 2.14. The first kappa shape index (κ1) is 19.1. The topological polar surface area (TPSA) is 86.0 Å². The molecule has 29 heavy (non-hydrogen) atoms. The molecule has 0 fully saturated rings. The van der Waals surface area contributed by atoms with Gasteiger partial charge in [-0.2, -0.15) is 9.61 Å². The Hall–Kier alpha value is -3.23. The third-order valence-corrected chi connectivity index (χ3v) is 5.37. The molecule has 1 N–H and O–H groups in total. The number of methoxy groups -OCH3 is 1. The van der Waals surface area contributed by atoms with E-state index in [2.05, 4.69) is 21.5 Å². The van der Waals surface area contributed by atoms with Crippen LogP contribution in [0.2, 0.25) is 0 Å². The fraction of sp³-hybridized carbons (Fsp3) is 0.190. The lowest BCUT2D eigenvalue weighted by atomic mass is 10.1. The SMILES string of the molecule is CCOC(=O)c1cnc2c(-c3cc(-c4ccccc4)cs3)c(COC)nn2c1O. The molecule has 0 aliphatic heterocycles. The van der Waals surface area contributed by atoms with Crippen molar-refractivity contribution in [2.24, 2.45) is 0 Å². The molecule has 0 unspecified atom stereocenters. The first-order chi connectivity index (χ1) is 14.1. The molecule has 0 atom stereocenters. The van der Waals surface area contributed by atoms with Crippen molar-refractivity contribution in [3.63, 3.8) is 0 Å². The van der Waals surface area contributed by atoms with Gasteiger partial charge in [-0.1, -0.05) is 30.3 Å². The maximum atomic E-state index is 12.1. The molecule has 0 radical (unpaired) electrons. The molecule has 0 saturated heterocycles. The van der Waals surface area contributed by atoms with Gasteiger partial charge in [0.1, 0.15) is 5.56 Å². The number of esters is 1. The Kier molecular flexibility index (Phi) is 5.28. The van der Waals surface area contributed by atoms with Gasteiger partial charge in [-0.05, 0) is 29.5 Å². The fourth-order valence-corrected chi connectivity index (χ4v) is 4.09. The Balaban J connectivity index is 1.85. The van der Waals surface area contributed by atoms with E-state index in [-0.39, 0.29) is 24.7 Å². The second-order valence-electron chi connectivity index (χ2n) is 6.27. The molecule has 0 bridgehead atoms. The van der Waals surface area contributed by atoms with Gasteiger partial charge in [-0.25, -0.2) is 9.78 Å². The van der Waals surface area contributed by atoms with E-state index in [9.17, 15) is 9.90 Å². The molecule has 0 spiro atoms. The van der Waals surface area contributed by atoms with Crippen molar-refractivity contribution in [3.05, 3.63) is 59.2 Å². The summed E-state index contributed by atoms with van der Waals surface area (Å²) in [5.74, 6) is -0.955. The first-order valence-corrected chi connectivity index (χ1v) is 9.92. The molecule has 0 saturated carbocycles. The molecule has 148 valence electrons. The monoisotopic (exact) mass is 409 g/mol. The minimum absolute atomic E-state index is 0.0338. The number of rotatable bonds is 6. The van der Waals surface area contributed by atoms with Crippen LogP contribution in [0, 0.1) is 0 Å². The lowest BCUT2D eigenvalue weighted by Gasteiger charge is -2.05. The van der Waals surface area contributed by atoms with Crippen LogP contribution in [0.5, 0.6) is 5.88 Å². The zero-order valence-electron chi connectivity index (χ0n) is 16.0. The third kappa shape index (κ3) is 3.48. The van der Waals surface area contributed by atoms with Gasteiger partial charge < -0.3 is 14.6 Å². The van der Waals surface area contributed by atoms with Crippen LogP contribution in [-0.2, 0) is 16.1 Å². The van der Waals surface area contributed by atoms with Gasteiger partial charge in [-0.3, -0.25) is 0 Å². The average molecular weight is 409 g/mol. The number of ether oxygens (including phenoxy) is 2. The van der Waals surface area contributed by atoms with Crippen LogP contribution < -0.4 is 0 Å². The van der Waals surface area contributed by atoms with Crippen LogP contribution in [0.15, 0.2) is 48.0 Å². The molecule has 3 aromatic heterocycles. The summed E-state index contributed by atoms with van der Waals surface area (Å²) >= 11 is 1.56. The van der Waals surface area contributed by atoms with Crippen molar-refractivity contribution in [3.8, 4) is 27.4 Å². The molecule has 0 amide bonds. The maximum absolute atomic E-state index is 12.1. The number of thiophene rings is 1. The number of hydrogen-bond acceptors (Lipinski definition) is 7. The summed E-state index contributed by atoms with van der Waals surface area (Å²) in [6, 6.07) is 12.1. The summed E-state index contributed by atoms with van der Waals surface area (Å²) in [6.07, 6.45) is 1.32. The average Bonchev–Trinajstić information content (AvgIpc) is 3.34. The van der Waals surface area contributed by atoms with Gasteiger partial charge in [0.05, 0.1) is 24.5 Å². The van der Waals surface area contributed by atoms with Crippen LogP contribution in [0.1, 0.15) is 23.0 Å². The molecule has 4 rings (SSSR count). The Morgan fingerprint density at radius 1 is 1.24 bits per heavy atom. The summed E-state index contributed by atoms with van der Waals surface area (Å²) in [5, 5.41) is 17.1. The van der Waals surface area contributed by atoms with Crippen molar-refractivity contribution in [1.82, 2.24) is 14.6 Å². The smallest absolute Gasteiger partial charge is 0.345 e. The second-order valence-corrected chi connectivity index (χ2v) is 7.18. The molecular weight excluding hydrogens is 390 g/mol. The third-order valence-electron chi connectivity index (χ3n) is 4.42. The molecule has 7 nitrogen and oxygen atoms in total. The van der Waals surface area contributed by atoms with E-state index in [0.29, 0.717) is 11.3 Å². The van der Waals surface area contributed by atoms with Gasteiger partial charge in [-0.15, -0.1) is 11.3 Å². The minimum Gasteiger partial charge on any atom is -0.493 e. The highest BCUT2D eigenvalue weighted by Gasteiger charge is 2.23. The van der Waals surface area contributed by atoms with Gasteiger partial charge in [0.25, 0.3) is 0 Å². The predicted molar refractivity (Wildman–Crippen MR) is 110 cm³/mol. The Bertz CT molecular complexity index is 1170. The number of aromatic nitrogens is 3. The van der Waals surface area contributed by atoms with Crippen LogP contribution in [-0.4, -0.2) is 39.4 Å². The summed E-state index contributed by atoms with van der Waals surface area (Å²) in [5.41, 5.74) is 4.00. The van der Waals surface area contributed by atoms with Crippen molar-refractivity contribution < 1.29 is 19.4 Å². The highest BCUT2D eigenvalue weighted by molar-refractivity contribution is 7.14. The zero-order chi connectivity index (χ0) is 20.4. The number of fused-ring (bicyclic) bond motifs is 1. The van der Waals surface area contributed by atoms with E-state index >= 15 is 0 Å². The van der Waals surface area contributed by atoms with E-state index in [1.165, 1.54) is 10.7 Å². The molecular formula is C21H19N3O4S. The highest BCUT2D eigenvalue weighted by atomic mass is 32.1. The van der Waals surface area contributed by atoms with Gasteiger partial charge in [0, 0.05) is 18.2 Å². The number of carbonyl (C=O) groups excluding carboxylic acids is 1. The van der Waals surface area contributed by atoms with E-state index < -0.39 is 5.97 Å². The minimum atomic E-state index is -0.646. The van der Waals surface area contributed by atoms with Crippen molar-refractivity contribution >= 4 is 23.0 Å². The van der Waals surface area contributed by atoms with Crippen LogP contribution >= 0.6 is 11.3 Å². The molecule has 1 aromatic carbocycles. The number of hydrogen-bond donors (Lipinski definition) is 1. The van der Waals surface area contributed by atoms with Crippen molar-refractivity contribution in [1.29, 1.82) is 0 Å². The van der Waals surface area contributed by atoms with Crippen molar-refractivity contribution in [2.75, 3.05) is 13.7 Å². The van der Waals surface area contributed by atoms with Crippen LogP contribution in [0.3, 0.4) is 0 Å². The maximum Gasteiger partial charge on any atom is 0.345 e. The Morgan fingerprint density at radius 3 is 2.76 bits per heavy atom. The number of carbonyl (C=O) groups is 1. The Labute approximate surface area is 171 Å². The van der Waals surface area contributed by atoms with E-state index in [1.807, 2.05) is 30.3 Å². The summed E-state index contributed by atoms with van der Waals surface area (Å²) < 4.78 is 11.5. The number of benzene rings is 1. The lowest BCUT2D eigenvalue weighted by Crippen LogP contribution is -2.08. The van der Waals surface area contributed by atoms with Gasteiger partial charge >= 0.3 is 5.97 Å². The van der Waals surface area contributed by atoms with E-state index in [0.717, 1.165) is 21.6 Å². The number of nitrogens with zero attached hydrogens (tertiary/aromatic N) is 3. The van der Waals surface area contributed by atoms with Gasteiger partial charge in [0.2, 0.25) is 5.88 Å². The second kappa shape index (κ2) is 8.02. The largest absolute Gasteiger partial charge is 0.493 e. The standard InChI is InChI=1S/C21H19N3O4S/c1-3-28-21(26)15-10-22-19-18(16(11-27-2)23-24(19)20(15)25)17-9-14(12-29-17)13-7-5-4-6-8-13/h4-10,12,25H,3,11H2,1-2H3. The normalized spacial score (nSPS) is 11.1. The molecule has 0 aliphatic carbocycles. The summed E-state index contributed by atoms with van der Waals surface area (Å²) in [4.78, 5) is 17.4. The van der Waals surface area contributed by atoms with Gasteiger partial charge in [0.15, 0.2) is 5.65 Å². The zero-order valence-corrected chi connectivity index (χ0v) is 16.8. The van der Waals surface area contributed by atoms with E-state index in [4.69, 9.17) is 9.47 Å².